The van der Waals surface area contributed by atoms with E-state index in [2.05, 4.69) is 20.3 Å². The normalized spacial score (nSPS) is 16.3. The van der Waals surface area contributed by atoms with E-state index in [1.807, 2.05) is 0 Å². The number of benzene rings is 1. The zero-order chi connectivity index (χ0) is 23.8. The van der Waals surface area contributed by atoms with E-state index in [1.165, 1.54) is 28.7 Å². The largest absolute Gasteiger partial charge is 0.379 e. The molecular weight excluding hydrogens is 459 g/mol. The van der Waals surface area contributed by atoms with E-state index in [0.717, 1.165) is 6.07 Å². The van der Waals surface area contributed by atoms with Crippen LogP contribution in [0.5, 0.6) is 0 Å². The highest BCUT2D eigenvalue weighted by Crippen LogP contribution is 2.31. The number of aromatic nitrogens is 3. The lowest BCUT2D eigenvalue weighted by molar-refractivity contribution is 0.0729. The van der Waals surface area contributed by atoms with E-state index in [1.54, 1.807) is 13.8 Å². The minimum Gasteiger partial charge on any atom is -0.379 e. The van der Waals surface area contributed by atoms with Crippen molar-refractivity contribution in [1.29, 1.82) is 0 Å². The predicted octanol–water partition coefficient (Wildman–Crippen LogP) is 3.60. The van der Waals surface area contributed by atoms with Gasteiger partial charge in [0.2, 0.25) is 0 Å². The Morgan fingerprint density at radius 1 is 1.15 bits per heavy atom. The van der Waals surface area contributed by atoms with Gasteiger partial charge in [-0.2, -0.15) is 4.31 Å². The molecular formula is C21H22F3N5O3S. The van der Waals surface area contributed by atoms with E-state index in [9.17, 15) is 21.6 Å². The van der Waals surface area contributed by atoms with Gasteiger partial charge in [0, 0.05) is 24.0 Å². The van der Waals surface area contributed by atoms with E-state index in [4.69, 9.17) is 4.74 Å². The van der Waals surface area contributed by atoms with Gasteiger partial charge in [-0.15, -0.1) is 0 Å². The maximum atomic E-state index is 14.6. The standard InChI is InChI=1S/C21H22F3N5O3S/c1-12(14-4-3-5-15(19(14)22)20(23)24)26-21-16-10-18(25-11-17(16)27-13(2)28-21)33(30,31)29-6-8-32-9-7-29/h3-5,10-12,20H,6-9H2,1-2H3,(H,26,27,28)/t12-/m1/s1. The van der Waals surface area contributed by atoms with Gasteiger partial charge in [0.25, 0.3) is 16.4 Å². The smallest absolute Gasteiger partial charge is 0.266 e. The molecule has 176 valence electrons. The Balaban J connectivity index is 1.73. The number of aryl methyl sites for hydroxylation is 1. The summed E-state index contributed by atoms with van der Waals surface area (Å²) in [6.45, 7) is 4.27. The fraction of sp³-hybridized carbons (Fsp3) is 0.381. The molecule has 3 heterocycles. The van der Waals surface area contributed by atoms with Crippen molar-refractivity contribution in [2.24, 2.45) is 0 Å². The Kier molecular flexibility index (Phi) is 6.50. The Morgan fingerprint density at radius 3 is 2.55 bits per heavy atom. The van der Waals surface area contributed by atoms with Crippen LogP contribution < -0.4 is 5.32 Å². The first-order chi connectivity index (χ1) is 15.7. The Hall–Kier alpha value is -2.83. The van der Waals surface area contributed by atoms with Crippen LogP contribution in [0.1, 0.15) is 36.3 Å². The van der Waals surface area contributed by atoms with Gasteiger partial charge in [0.15, 0.2) is 5.03 Å². The summed E-state index contributed by atoms with van der Waals surface area (Å²) in [5.41, 5.74) is -0.264. The first-order valence-electron chi connectivity index (χ1n) is 10.2. The fourth-order valence-corrected chi connectivity index (χ4v) is 5.00. The number of fused-ring (bicyclic) bond motifs is 1. The highest BCUT2D eigenvalue weighted by atomic mass is 32.2. The molecule has 0 bridgehead atoms. The monoisotopic (exact) mass is 481 g/mol. The molecule has 2 aromatic heterocycles. The number of hydrogen-bond acceptors (Lipinski definition) is 7. The van der Waals surface area contributed by atoms with Gasteiger partial charge >= 0.3 is 0 Å². The number of halogens is 3. The lowest BCUT2D eigenvalue weighted by Crippen LogP contribution is -2.40. The molecule has 4 rings (SSSR count). The average molecular weight is 482 g/mol. The van der Waals surface area contributed by atoms with Crippen LogP contribution in [0, 0.1) is 12.7 Å². The van der Waals surface area contributed by atoms with Crippen LogP contribution in [0.15, 0.2) is 35.5 Å². The second-order valence-electron chi connectivity index (χ2n) is 7.59. The highest BCUT2D eigenvalue weighted by molar-refractivity contribution is 7.89. The van der Waals surface area contributed by atoms with Crippen LogP contribution in [0.4, 0.5) is 19.0 Å². The summed E-state index contributed by atoms with van der Waals surface area (Å²) in [7, 11) is -3.87. The van der Waals surface area contributed by atoms with E-state index in [-0.39, 0.29) is 29.5 Å². The number of rotatable bonds is 6. The molecule has 3 aromatic rings. The molecule has 33 heavy (non-hydrogen) atoms. The number of anilines is 1. The second-order valence-corrected chi connectivity index (χ2v) is 9.48. The summed E-state index contributed by atoms with van der Waals surface area (Å²) in [4.78, 5) is 12.7. The van der Waals surface area contributed by atoms with Crippen molar-refractivity contribution in [3.05, 3.63) is 53.2 Å². The fourth-order valence-electron chi connectivity index (χ4n) is 3.65. The van der Waals surface area contributed by atoms with Crippen molar-refractivity contribution in [2.45, 2.75) is 31.3 Å². The Bertz CT molecular complexity index is 1280. The molecule has 0 unspecified atom stereocenters. The molecule has 1 N–H and O–H groups in total. The van der Waals surface area contributed by atoms with Gasteiger partial charge in [-0.1, -0.05) is 18.2 Å². The van der Waals surface area contributed by atoms with Crippen LogP contribution in [0.2, 0.25) is 0 Å². The number of ether oxygens (including phenoxy) is 1. The van der Waals surface area contributed by atoms with Gasteiger partial charge in [0.05, 0.1) is 36.5 Å². The van der Waals surface area contributed by atoms with Gasteiger partial charge in [-0.25, -0.2) is 36.5 Å². The molecule has 0 amide bonds. The summed E-state index contributed by atoms with van der Waals surface area (Å²) >= 11 is 0. The molecule has 12 heteroatoms. The average Bonchev–Trinajstić information content (AvgIpc) is 2.79. The van der Waals surface area contributed by atoms with Crippen LogP contribution in [-0.2, 0) is 14.8 Å². The molecule has 1 atom stereocenters. The van der Waals surface area contributed by atoms with E-state index in [0.29, 0.717) is 29.9 Å². The van der Waals surface area contributed by atoms with E-state index >= 15 is 0 Å². The van der Waals surface area contributed by atoms with Crippen molar-refractivity contribution in [3.8, 4) is 0 Å². The first kappa shape index (κ1) is 23.3. The number of morpholine rings is 1. The third-order valence-corrected chi connectivity index (χ3v) is 7.15. The van der Waals surface area contributed by atoms with Gasteiger partial charge < -0.3 is 10.1 Å². The van der Waals surface area contributed by atoms with Gasteiger partial charge in [-0.3, -0.25) is 0 Å². The number of alkyl halides is 2. The summed E-state index contributed by atoms with van der Waals surface area (Å²) in [6, 6.07) is 4.42. The molecule has 0 saturated carbocycles. The van der Waals surface area contributed by atoms with Crippen molar-refractivity contribution < 1.29 is 26.3 Å². The number of nitrogens with one attached hydrogen (secondary N) is 1. The summed E-state index contributed by atoms with van der Waals surface area (Å²) in [5, 5.41) is 3.20. The van der Waals surface area contributed by atoms with Crippen molar-refractivity contribution in [3.63, 3.8) is 0 Å². The van der Waals surface area contributed by atoms with E-state index < -0.39 is 33.9 Å². The lowest BCUT2D eigenvalue weighted by Gasteiger charge is -2.25. The molecule has 0 aliphatic carbocycles. The number of nitrogens with zero attached hydrogens (tertiary/aromatic N) is 4. The summed E-state index contributed by atoms with van der Waals surface area (Å²) in [5.74, 6) is -0.378. The van der Waals surface area contributed by atoms with Gasteiger partial charge in [0.1, 0.15) is 17.5 Å². The molecule has 0 spiro atoms. The van der Waals surface area contributed by atoms with Crippen LogP contribution in [-0.4, -0.2) is 54.0 Å². The maximum absolute atomic E-state index is 14.6. The van der Waals surface area contributed by atoms with Gasteiger partial charge in [-0.05, 0) is 19.9 Å². The molecule has 1 saturated heterocycles. The molecule has 1 aliphatic rings. The zero-order valence-electron chi connectivity index (χ0n) is 17.9. The van der Waals surface area contributed by atoms with Crippen molar-refractivity contribution >= 4 is 26.7 Å². The topological polar surface area (TPSA) is 97.3 Å². The number of hydrogen-bond donors (Lipinski definition) is 1. The third-order valence-electron chi connectivity index (χ3n) is 5.36. The van der Waals surface area contributed by atoms with Crippen molar-refractivity contribution in [2.75, 3.05) is 31.6 Å². The quantitative estimate of drug-likeness (QED) is 0.575. The molecule has 1 aromatic carbocycles. The maximum Gasteiger partial charge on any atom is 0.266 e. The SMILES string of the molecule is Cc1nc(N[C@H](C)c2cccc(C(F)F)c2F)c2cc(S(=O)(=O)N3CCOCC3)ncc2n1. The molecule has 0 radical (unpaired) electrons. The molecule has 1 fully saturated rings. The molecule has 8 nitrogen and oxygen atoms in total. The summed E-state index contributed by atoms with van der Waals surface area (Å²) < 4.78 is 73.4. The van der Waals surface area contributed by atoms with Crippen LogP contribution in [0.3, 0.4) is 0 Å². The first-order valence-corrected chi connectivity index (χ1v) is 11.7. The molecule has 1 aliphatic heterocycles. The Labute approximate surface area is 188 Å². The minimum absolute atomic E-state index is 0.0347. The summed E-state index contributed by atoms with van der Waals surface area (Å²) in [6.07, 6.45) is -1.61. The zero-order valence-corrected chi connectivity index (χ0v) is 18.7. The second kappa shape index (κ2) is 9.20. The number of pyridine rings is 1. The predicted molar refractivity (Wildman–Crippen MR) is 115 cm³/mol. The lowest BCUT2D eigenvalue weighted by atomic mass is 10.0. The number of sulfonamides is 1. The van der Waals surface area contributed by atoms with Crippen LogP contribution in [0.25, 0.3) is 10.9 Å². The third kappa shape index (κ3) is 4.63. The van der Waals surface area contributed by atoms with Crippen LogP contribution >= 0.6 is 0 Å². The highest BCUT2D eigenvalue weighted by Gasteiger charge is 2.28. The minimum atomic E-state index is -3.87. The Morgan fingerprint density at radius 2 is 1.85 bits per heavy atom. The van der Waals surface area contributed by atoms with Crippen molar-refractivity contribution in [1.82, 2.24) is 19.3 Å².